The van der Waals surface area contributed by atoms with E-state index in [-0.39, 0.29) is 12.5 Å². The van der Waals surface area contributed by atoms with Crippen LogP contribution in [0, 0.1) is 0 Å². The van der Waals surface area contributed by atoms with E-state index in [1.54, 1.807) is 7.11 Å². The molecule has 1 amide bonds. The molecule has 0 radical (unpaired) electrons. The molecule has 1 aliphatic heterocycles. The number of para-hydroxylation sites is 2. The number of ether oxygens (including phenoxy) is 2. The third-order valence-electron chi connectivity index (χ3n) is 4.84. The predicted molar refractivity (Wildman–Crippen MR) is 114 cm³/mol. The van der Waals surface area contributed by atoms with E-state index in [4.69, 9.17) is 9.47 Å². The molecule has 3 rings (SSSR count). The zero-order chi connectivity index (χ0) is 19.8. The van der Waals surface area contributed by atoms with Gasteiger partial charge in [0.2, 0.25) is 0 Å². The van der Waals surface area contributed by atoms with E-state index in [1.165, 1.54) is 19.3 Å². The van der Waals surface area contributed by atoms with Crippen LogP contribution in [0.15, 0.2) is 55.1 Å². The normalized spacial score (nSPS) is 13.7. The highest BCUT2D eigenvalue weighted by molar-refractivity contribution is 5.95. The maximum atomic E-state index is 12.5. The number of piperidine rings is 1. The van der Waals surface area contributed by atoms with Gasteiger partial charge < -0.3 is 19.7 Å². The summed E-state index contributed by atoms with van der Waals surface area (Å²) in [7, 11) is 1.59. The zero-order valence-electron chi connectivity index (χ0n) is 16.4. The number of carbonyl (C=O) groups is 1. The number of benzene rings is 2. The van der Waals surface area contributed by atoms with Crippen molar-refractivity contribution in [1.29, 1.82) is 0 Å². The van der Waals surface area contributed by atoms with Crippen LogP contribution in [0.25, 0.3) is 0 Å². The molecule has 0 aromatic heterocycles. The van der Waals surface area contributed by atoms with Crippen LogP contribution in [-0.4, -0.2) is 32.7 Å². The molecule has 0 bridgehead atoms. The standard InChI is InChI=1S/C23H28N2O3/c1-3-9-18-12-13-21(22(16-18)27-2)28-17-23(26)24-19-10-5-6-11-20(19)25-14-7-4-8-15-25/h3,5-6,10-13,16H,1,4,7-9,14-15,17H2,2H3,(H,24,26). The molecule has 0 atom stereocenters. The predicted octanol–water partition coefficient (Wildman–Crippen LogP) is 4.43. The molecule has 1 aliphatic rings. The van der Waals surface area contributed by atoms with Crippen molar-refractivity contribution in [2.75, 3.05) is 37.0 Å². The first kappa shape index (κ1) is 19.8. The summed E-state index contributed by atoms with van der Waals surface area (Å²) in [4.78, 5) is 14.8. The van der Waals surface area contributed by atoms with Crippen LogP contribution in [0.4, 0.5) is 11.4 Å². The van der Waals surface area contributed by atoms with Crippen LogP contribution in [0.5, 0.6) is 11.5 Å². The fourth-order valence-electron chi connectivity index (χ4n) is 3.44. The van der Waals surface area contributed by atoms with Crippen LogP contribution in [0.2, 0.25) is 0 Å². The first-order valence-electron chi connectivity index (χ1n) is 9.75. The van der Waals surface area contributed by atoms with Gasteiger partial charge >= 0.3 is 0 Å². The second kappa shape index (κ2) is 9.83. The molecular weight excluding hydrogens is 352 g/mol. The van der Waals surface area contributed by atoms with Crippen molar-refractivity contribution in [3.63, 3.8) is 0 Å². The first-order valence-corrected chi connectivity index (χ1v) is 9.75. The third kappa shape index (κ3) is 5.06. The van der Waals surface area contributed by atoms with Gasteiger partial charge in [-0.2, -0.15) is 0 Å². The zero-order valence-corrected chi connectivity index (χ0v) is 16.4. The van der Waals surface area contributed by atoms with Gasteiger partial charge in [0.25, 0.3) is 5.91 Å². The van der Waals surface area contributed by atoms with Crippen molar-refractivity contribution in [3.8, 4) is 11.5 Å². The van der Waals surface area contributed by atoms with Crippen molar-refractivity contribution in [1.82, 2.24) is 0 Å². The van der Waals surface area contributed by atoms with E-state index in [0.29, 0.717) is 11.5 Å². The Morgan fingerprint density at radius 2 is 1.93 bits per heavy atom. The molecule has 2 aromatic carbocycles. The number of hydrogen-bond donors (Lipinski definition) is 1. The Labute approximate surface area is 167 Å². The highest BCUT2D eigenvalue weighted by Gasteiger charge is 2.16. The molecule has 0 spiro atoms. The number of nitrogens with zero attached hydrogens (tertiary/aromatic N) is 1. The summed E-state index contributed by atoms with van der Waals surface area (Å²) in [5.74, 6) is 0.970. The lowest BCUT2D eigenvalue weighted by atomic mass is 10.1. The van der Waals surface area contributed by atoms with Gasteiger partial charge in [0.05, 0.1) is 18.5 Å². The molecule has 1 N–H and O–H groups in total. The number of hydrogen-bond acceptors (Lipinski definition) is 4. The molecule has 1 fully saturated rings. The summed E-state index contributed by atoms with van der Waals surface area (Å²) in [5.41, 5.74) is 2.98. The largest absolute Gasteiger partial charge is 0.493 e. The summed E-state index contributed by atoms with van der Waals surface area (Å²) in [6, 6.07) is 13.6. The summed E-state index contributed by atoms with van der Waals surface area (Å²) in [6.07, 6.45) is 6.24. The Balaban J connectivity index is 1.63. The number of methoxy groups -OCH3 is 1. The van der Waals surface area contributed by atoms with Gasteiger partial charge in [-0.25, -0.2) is 0 Å². The van der Waals surface area contributed by atoms with Crippen LogP contribution in [0.1, 0.15) is 24.8 Å². The Hall–Kier alpha value is -2.95. The van der Waals surface area contributed by atoms with Crippen LogP contribution < -0.4 is 19.7 Å². The number of nitrogens with one attached hydrogen (secondary N) is 1. The second-order valence-electron chi connectivity index (χ2n) is 6.88. The molecule has 28 heavy (non-hydrogen) atoms. The smallest absolute Gasteiger partial charge is 0.262 e. The fourth-order valence-corrected chi connectivity index (χ4v) is 3.44. The van der Waals surface area contributed by atoms with E-state index >= 15 is 0 Å². The molecule has 0 unspecified atom stereocenters. The van der Waals surface area contributed by atoms with Gasteiger partial charge in [-0.05, 0) is 55.5 Å². The SMILES string of the molecule is C=CCc1ccc(OCC(=O)Nc2ccccc2N2CCCCC2)c(OC)c1. The van der Waals surface area contributed by atoms with E-state index < -0.39 is 0 Å². The maximum absolute atomic E-state index is 12.5. The quantitative estimate of drug-likeness (QED) is 0.688. The summed E-state index contributed by atoms with van der Waals surface area (Å²) >= 11 is 0. The average molecular weight is 380 g/mol. The van der Waals surface area contributed by atoms with Gasteiger partial charge in [0.15, 0.2) is 18.1 Å². The molecule has 148 valence electrons. The minimum atomic E-state index is -0.193. The van der Waals surface area contributed by atoms with E-state index in [1.807, 2.05) is 42.5 Å². The van der Waals surface area contributed by atoms with Gasteiger partial charge in [0, 0.05) is 13.1 Å². The van der Waals surface area contributed by atoms with Crippen molar-refractivity contribution in [2.24, 2.45) is 0 Å². The number of carbonyl (C=O) groups excluding carboxylic acids is 1. The Morgan fingerprint density at radius 3 is 2.68 bits per heavy atom. The second-order valence-corrected chi connectivity index (χ2v) is 6.88. The number of allylic oxidation sites excluding steroid dienone is 1. The Morgan fingerprint density at radius 1 is 1.14 bits per heavy atom. The monoisotopic (exact) mass is 380 g/mol. The van der Waals surface area contributed by atoms with Gasteiger partial charge in [-0.1, -0.05) is 24.3 Å². The maximum Gasteiger partial charge on any atom is 0.262 e. The number of amides is 1. The summed E-state index contributed by atoms with van der Waals surface area (Å²) < 4.78 is 11.1. The lowest BCUT2D eigenvalue weighted by molar-refractivity contribution is -0.118. The third-order valence-corrected chi connectivity index (χ3v) is 4.84. The molecule has 5 nitrogen and oxygen atoms in total. The van der Waals surface area contributed by atoms with Crippen LogP contribution in [0.3, 0.4) is 0 Å². The van der Waals surface area contributed by atoms with E-state index in [0.717, 1.165) is 36.4 Å². The first-order chi connectivity index (χ1) is 13.7. The van der Waals surface area contributed by atoms with Crippen LogP contribution in [-0.2, 0) is 11.2 Å². The van der Waals surface area contributed by atoms with Crippen LogP contribution >= 0.6 is 0 Å². The van der Waals surface area contributed by atoms with Gasteiger partial charge in [-0.3, -0.25) is 4.79 Å². The van der Waals surface area contributed by atoms with Crippen molar-refractivity contribution in [3.05, 3.63) is 60.7 Å². The highest BCUT2D eigenvalue weighted by Crippen LogP contribution is 2.30. The molecule has 2 aromatic rings. The minimum absolute atomic E-state index is 0.0779. The molecule has 0 aliphatic carbocycles. The summed E-state index contributed by atoms with van der Waals surface area (Å²) in [6.45, 7) is 5.72. The van der Waals surface area contributed by atoms with E-state index in [9.17, 15) is 4.79 Å². The Kier molecular flexibility index (Phi) is 6.95. The molecular formula is C23H28N2O3. The van der Waals surface area contributed by atoms with E-state index in [2.05, 4.69) is 22.9 Å². The fraction of sp³-hybridized carbons (Fsp3) is 0.348. The molecule has 1 heterocycles. The molecule has 0 saturated carbocycles. The Bertz CT molecular complexity index is 813. The van der Waals surface area contributed by atoms with Gasteiger partial charge in [-0.15, -0.1) is 6.58 Å². The molecule has 1 saturated heterocycles. The number of anilines is 2. The highest BCUT2D eigenvalue weighted by atomic mass is 16.5. The van der Waals surface area contributed by atoms with Crippen molar-refractivity contribution in [2.45, 2.75) is 25.7 Å². The minimum Gasteiger partial charge on any atom is -0.493 e. The number of rotatable bonds is 8. The lowest BCUT2D eigenvalue weighted by Crippen LogP contribution is -2.30. The molecule has 5 heteroatoms. The lowest BCUT2D eigenvalue weighted by Gasteiger charge is -2.30. The summed E-state index contributed by atoms with van der Waals surface area (Å²) in [5, 5.41) is 2.99. The van der Waals surface area contributed by atoms with Gasteiger partial charge in [0.1, 0.15) is 0 Å². The average Bonchev–Trinajstić information content (AvgIpc) is 2.74. The van der Waals surface area contributed by atoms with Crippen molar-refractivity contribution < 1.29 is 14.3 Å². The topological polar surface area (TPSA) is 50.8 Å². The van der Waals surface area contributed by atoms with Crippen molar-refractivity contribution >= 4 is 17.3 Å².